The lowest BCUT2D eigenvalue weighted by Gasteiger charge is -2.31. The number of amides is 1. The molecule has 0 saturated carbocycles. The van der Waals surface area contributed by atoms with E-state index in [0.29, 0.717) is 0 Å². The molecule has 1 amide bonds. The Hall–Kier alpha value is -2.29. The number of piperazine rings is 1. The van der Waals surface area contributed by atoms with Gasteiger partial charge in [-0.1, -0.05) is 24.3 Å². The van der Waals surface area contributed by atoms with Gasteiger partial charge >= 0.3 is 0 Å². The van der Waals surface area contributed by atoms with Gasteiger partial charge in [0.1, 0.15) is 5.82 Å². The molecule has 3 heterocycles. The lowest BCUT2D eigenvalue weighted by Crippen LogP contribution is -3.14. The van der Waals surface area contributed by atoms with Crippen molar-refractivity contribution in [2.45, 2.75) is 20.5 Å². The molecule has 0 aliphatic carbocycles. The molecule has 1 N–H and O–H groups in total. The number of carbonyl (C=O) groups excluding carboxylic acids is 1. The van der Waals surface area contributed by atoms with E-state index in [2.05, 4.69) is 19.1 Å². The Bertz CT molecular complexity index is 1030. The number of thiophene rings is 1. The first-order chi connectivity index (χ1) is 13.5. The van der Waals surface area contributed by atoms with Crippen molar-refractivity contribution in [3.8, 4) is 5.69 Å². The largest absolute Gasteiger partial charge is 0.327 e. The fourth-order valence-electron chi connectivity index (χ4n) is 3.66. The van der Waals surface area contributed by atoms with Crippen molar-refractivity contribution >= 4 is 29.5 Å². The normalized spacial score (nSPS) is 15.1. The van der Waals surface area contributed by atoms with Crippen molar-refractivity contribution in [2.75, 3.05) is 26.2 Å². The summed E-state index contributed by atoms with van der Waals surface area (Å²) in [5.74, 6) is 1.04. The number of para-hydroxylation sites is 1. The molecule has 6 nitrogen and oxygen atoms in total. The van der Waals surface area contributed by atoms with Crippen LogP contribution in [-0.4, -0.2) is 51.3 Å². The van der Waals surface area contributed by atoms with E-state index in [0.717, 1.165) is 54.0 Å². The fourth-order valence-corrected chi connectivity index (χ4v) is 4.69. The molecule has 0 spiro atoms. The third-order valence-corrected chi connectivity index (χ3v) is 6.47. The molecule has 146 valence electrons. The van der Waals surface area contributed by atoms with Gasteiger partial charge in [-0.3, -0.25) is 9.36 Å². The van der Waals surface area contributed by atoms with Gasteiger partial charge < -0.3 is 9.80 Å². The fraction of sp³-hybridized carbons (Fsp3) is 0.350. The van der Waals surface area contributed by atoms with Crippen molar-refractivity contribution in [1.82, 2.24) is 19.2 Å². The van der Waals surface area contributed by atoms with Crippen LogP contribution in [0.3, 0.4) is 0 Å². The number of quaternary nitrogens is 1. The lowest BCUT2D eigenvalue weighted by atomic mass is 10.2. The molecule has 3 aromatic rings. The second-order valence-electron chi connectivity index (χ2n) is 7.13. The standard InChI is InChI=1S/C20H23N5OS2/c1-15-6-3-4-7-17(15)25-16(2)21-24(20(25)27)14-22-9-11-23(12-10-22)19(26)18-8-5-13-28-18/h3-8,13H,9-12,14H2,1-2H3/p+1. The quantitative estimate of drug-likeness (QED) is 0.665. The van der Waals surface area contributed by atoms with Gasteiger partial charge in [0.2, 0.25) is 4.77 Å². The smallest absolute Gasteiger partial charge is 0.264 e. The SMILES string of the molecule is Cc1ccccc1-n1c(C)nn(C[NH+]2CCN(C(=O)c3cccs3)CC2)c1=S. The highest BCUT2D eigenvalue weighted by Gasteiger charge is 2.26. The van der Waals surface area contributed by atoms with E-state index < -0.39 is 0 Å². The summed E-state index contributed by atoms with van der Waals surface area (Å²) in [5.41, 5.74) is 2.26. The molecule has 2 aromatic heterocycles. The average Bonchev–Trinajstić information content (AvgIpc) is 3.32. The number of rotatable bonds is 4. The zero-order valence-electron chi connectivity index (χ0n) is 16.1. The average molecular weight is 415 g/mol. The van der Waals surface area contributed by atoms with Gasteiger partial charge in [-0.25, -0.2) is 0 Å². The van der Waals surface area contributed by atoms with E-state index in [4.69, 9.17) is 17.3 Å². The van der Waals surface area contributed by atoms with Crippen LogP contribution in [0.15, 0.2) is 41.8 Å². The summed E-state index contributed by atoms with van der Waals surface area (Å²) in [4.78, 5) is 16.7. The Balaban J connectivity index is 1.45. The number of hydrogen-bond donors (Lipinski definition) is 1. The van der Waals surface area contributed by atoms with Gasteiger partial charge in [-0.05, 0) is 49.1 Å². The Morgan fingerprint density at radius 3 is 2.61 bits per heavy atom. The number of carbonyl (C=O) groups is 1. The highest BCUT2D eigenvalue weighted by molar-refractivity contribution is 7.71. The van der Waals surface area contributed by atoms with Crippen LogP contribution in [0.5, 0.6) is 0 Å². The maximum absolute atomic E-state index is 12.5. The molecule has 8 heteroatoms. The molecule has 1 aromatic carbocycles. The summed E-state index contributed by atoms with van der Waals surface area (Å²) in [6, 6.07) is 12.0. The van der Waals surface area contributed by atoms with Crippen LogP contribution < -0.4 is 4.90 Å². The van der Waals surface area contributed by atoms with Crippen molar-refractivity contribution in [3.63, 3.8) is 0 Å². The van der Waals surface area contributed by atoms with Crippen LogP contribution in [0.25, 0.3) is 5.69 Å². The van der Waals surface area contributed by atoms with Gasteiger partial charge in [-0.15, -0.1) is 11.3 Å². The number of benzene rings is 1. The van der Waals surface area contributed by atoms with Crippen LogP contribution in [0.4, 0.5) is 0 Å². The first kappa shape index (κ1) is 19.0. The van der Waals surface area contributed by atoms with Crippen molar-refractivity contribution < 1.29 is 9.69 Å². The maximum atomic E-state index is 12.5. The molecule has 1 aliphatic heterocycles. The maximum Gasteiger partial charge on any atom is 0.264 e. The highest BCUT2D eigenvalue weighted by Crippen LogP contribution is 2.16. The second kappa shape index (κ2) is 7.98. The lowest BCUT2D eigenvalue weighted by molar-refractivity contribution is -0.927. The van der Waals surface area contributed by atoms with E-state index >= 15 is 0 Å². The van der Waals surface area contributed by atoms with Gasteiger partial charge in [-0.2, -0.15) is 9.78 Å². The van der Waals surface area contributed by atoms with Crippen LogP contribution in [0.1, 0.15) is 21.1 Å². The van der Waals surface area contributed by atoms with Gasteiger partial charge in [0, 0.05) is 0 Å². The van der Waals surface area contributed by atoms with E-state index in [1.807, 2.05) is 50.7 Å². The number of hydrogen-bond acceptors (Lipinski definition) is 4. The van der Waals surface area contributed by atoms with E-state index in [-0.39, 0.29) is 5.91 Å². The minimum absolute atomic E-state index is 0.144. The molecule has 0 bridgehead atoms. The number of aromatic nitrogens is 3. The monoisotopic (exact) mass is 414 g/mol. The molecule has 28 heavy (non-hydrogen) atoms. The summed E-state index contributed by atoms with van der Waals surface area (Å²) in [7, 11) is 0. The zero-order valence-corrected chi connectivity index (χ0v) is 17.7. The number of nitrogens with one attached hydrogen (secondary N) is 1. The third kappa shape index (κ3) is 3.67. The molecule has 0 atom stereocenters. The molecule has 0 unspecified atom stereocenters. The van der Waals surface area contributed by atoms with Crippen LogP contribution in [0, 0.1) is 18.6 Å². The van der Waals surface area contributed by atoms with E-state index in [9.17, 15) is 4.79 Å². The first-order valence-electron chi connectivity index (χ1n) is 9.43. The predicted octanol–water partition coefficient (Wildman–Crippen LogP) is 2.08. The molecule has 1 aliphatic rings. The van der Waals surface area contributed by atoms with Crippen LogP contribution in [-0.2, 0) is 6.67 Å². The van der Waals surface area contributed by atoms with Crippen molar-refractivity contribution in [2.24, 2.45) is 0 Å². The first-order valence-corrected chi connectivity index (χ1v) is 10.7. The minimum atomic E-state index is 0.144. The topological polar surface area (TPSA) is 47.5 Å². The molecule has 1 saturated heterocycles. The summed E-state index contributed by atoms with van der Waals surface area (Å²) < 4.78 is 4.68. The van der Waals surface area contributed by atoms with Gasteiger partial charge in [0.25, 0.3) is 5.91 Å². The second-order valence-corrected chi connectivity index (χ2v) is 8.44. The minimum Gasteiger partial charge on any atom is -0.327 e. The Kier molecular flexibility index (Phi) is 5.43. The molecular weight excluding hydrogens is 390 g/mol. The van der Waals surface area contributed by atoms with Crippen molar-refractivity contribution in [3.05, 3.63) is 62.8 Å². The summed E-state index contributed by atoms with van der Waals surface area (Å²) in [6.45, 7) is 8.12. The molecule has 1 fully saturated rings. The molecule has 0 radical (unpaired) electrons. The Morgan fingerprint density at radius 1 is 1.18 bits per heavy atom. The summed E-state index contributed by atoms with van der Waals surface area (Å²) in [5, 5.41) is 6.64. The summed E-state index contributed by atoms with van der Waals surface area (Å²) in [6.07, 6.45) is 0. The number of nitrogens with zero attached hydrogens (tertiary/aromatic N) is 4. The predicted molar refractivity (Wildman–Crippen MR) is 113 cm³/mol. The van der Waals surface area contributed by atoms with E-state index in [1.54, 1.807) is 0 Å². The Labute approximate surface area is 173 Å². The molecular formula is C20H24N5OS2+. The third-order valence-electron chi connectivity index (χ3n) is 5.22. The van der Waals surface area contributed by atoms with E-state index in [1.165, 1.54) is 21.8 Å². The molecule has 4 rings (SSSR count). The van der Waals surface area contributed by atoms with Crippen LogP contribution >= 0.6 is 23.6 Å². The highest BCUT2D eigenvalue weighted by atomic mass is 32.1. The van der Waals surface area contributed by atoms with Crippen LogP contribution in [0.2, 0.25) is 0 Å². The summed E-state index contributed by atoms with van der Waals surface area (Å²) >= 11 is 7.23. The van der Waals surface area contributed by atoms with Crippen molar-refractivity contribution in [1.29, 1.82) is 0 Å². The van der Waals surface area contributed by atoms with Gasteiger partial charge in [0.05, 0.1) is 36.7 Å². The zero-order chi connectivity index (χ0) is 19.7. The van der Waals surface area contributed by atoms with Gasteiger partial charge in [0.15, 0.2) is 6.67 Å². The number of aryl methyl sites for hydroxylation is 2. The Morgan fingerprint density at radius 2 is 1.93 bits per heavy atom.